The predicted octanol–water partition coefficient (Wildman–Crippen LogP) is 2.90. The quantitative estimate of drug-likeness (QED) is 0.376. The number of hydrogen-bond acceptors (Lipinski definition) is 4. The molecular formula is C25H50N4O3. The molecule has 3 atom stereocenters. The lowest BCUT2D eigenvalue weighted by Crippen LogP contribution is -2.45. The second kappa shape index (κ2) is 14.5. The van der Waals surface area contributed by atoms with Crippen LogP contribution in [0.2, 0.25) is 0 Å². The molecule has 0 aliphatic carbocycles. The van der Waals surface area contributed by atoms with Crippen molar-refractivity contribution in [2.45, 2.75) is 69.2 Å². The molecule has 0 radical (unpaired) electrons. The van der Waals surface area contributed by atoms with E-state index in [2.05, 4.69) is 41.6 Å². The van der Waals surface area contributed by atoms with Crippen LogP contribution in [0.4, 0.5) is 0 Å². The van der Waals surface area contributed by atoms with Gasteiger partial charge in [0.1, 0.15) is 0 Å². The summed E-state index contributed by atoms with van der Waals surface area (Å²) in [6.07, 6.45) is 0. The summed E-state index contributed by atoms with van der Waals surface area (Å²) < 4.78 is 0. The Kier molecular flexibility index (Phi) is 13.8. The first kappa shape index (κ1) is 30.4. The van der Waals surface area contributed by atoms with E-state index in [0.717, 1.165) is 0 Å². The summed E-state index contributed by atoms with van der Waals surface area (Å²) >= 11 is 0. The molecule has 3 N–H and O–H groups in total. The molecule has 0 saturated carbocycles. The average molecular weight is 455 g/mol. The van der Waals surface area contributed by atoms with Gasteiger partial charge in [0.05, 0.1) is 0 Å². The van der Waals surface area contributed by atoms with E-state index in [4.69, 9.17) is 0 Å². The average Bonchev–Trinajstić information content (AvgIpc) is 2.70. The second-order valence-corrected chi connectivity index (χ2v) is 10.9. The molecule has 0 aromatic rings. The Morgan fingerprint density at radius 2 is 0.938 bits per heavy atom. The first-order valence-electron chi connectivity index (χ1n) is 12.2. The summed E-state index contributed by atoms with van der Waals surface area (Å²) in [5, 5.41) is 9.05. The highest BCUT2D eigenvalue weighted by atomic mass is 16.2. The van der Waals surface area contributed by atoms with Gasteiger partial charge in [-0.05, 0) is 17.3 Å². The molecular weight excluding hydrogens is 404 g/mol. The van der Waals surface area contributed by atoms with Gasteiger partial charge in [0.2, 0.25) is 17.7 Å². The molecule has 32 heavy (non-hydrogen) atoms. The highest BCUT2D eigenvalue weighted by Gasteiger charge is 2.26. The summed E-state index contributed by atoms with van der Waals surface area (Å²) in [7, 11) is 0. The van der Waals surface area contributed by atoms with Crippen molar-refractivity contribution >= 4 is 17.7 Å². The fourth-order valence-electron chi connectivity index (χ4n) is 2.82. The zero-order valence-electron chi connectivity index (χ0n) is 22.3. The van der Waals surface area contributed by atoms with Crippen LogP contribution in [-0.4, -0.2) is 61.9 Å². The van der Waals surface area contributed by atoms with Crippen LogP contribution in [0.3, 0.4) is 0 Å². The number of nitrogens with zero attached hydrogens (tertiary/aromatic N) is 1. The molecule has 188 valence electrons. The molecule has 0 saturated heterocycles. The van der Waals surface area contributed by atoms with Gasteiger partial charge in [0.15, 0.2) is 0 Å². The van der Waals surface area contributed by atoms with E-state index in [1.54, 1.807) is 0 Å². The van der Waals surface area contributed by atoms with Crippen molar-refractivity contribution in [3.8, 4) is 0 Å². The minimum absolute atomic E-state index is 0.0292. The SMILES string of the molecule is CC(C)C(C)C(=O)NCCN(CCNC(=O)C(C)C(C)C)CCNC(=O)C(C)C(C)(C)C. The third kappa shape index (κ3) is 11.8. The van der Waals surface area contributed by atoms with Gasteiger partial charge in [-0.1, -0.05) is 69.2 Å². The Labute approximate surface area is 196 Å². The molecule has 0 rings (SSSR count). The molecule has 0 aromatic heterocycles. The van der Waals surface area contributed by atoms with Crippen molar-refractivity contribution in [3.05, 3.63) is 0 Å². The van der Waals surface area contributed by atoms with Crippen LogP contribution in [0.5, 0.6) is 0 Å². The molecule has 0 heterocycles. The number of nitrogens with one attached hydrogen (secondary N) is 3. The smallest absolute Gasteiger partial charge is 0.223 e. The van der Waals surface area contributed by atoms with Crippen LogP contribution < -0.4 is 16.0 Å². The van der Waals surface area contributed by atoms with Crippen molar-refractivity contribution < 1.29 is 14.4 Å². The minimum atomic E-state index is -0.0848. The highest BCUT2D eigenvalue weighted by molar-refractivity contribution is 5.79. The van der Waals surface area contributed by atoms with Crippen molar-refractivity contribution in [1.82, 2.24) is 20.9 Å². The van der Waals surface area contributed by atoms with Crippen LogP contribution in [0.1, 0.15) is 69.2 Å². The topological polar surface area (TPSA) is 90.5 Å². The van der Waals surface area contributed by atoms with Crippen molar-refractivity contribution in [3.63, 3.8) is 0 Å². The van der Waals surface area contributed by atoms with E-state index < -0.39 is 0 Å². The van der Waals surface area contributed by atoms with Gasteiger partial charge in [-0.25, -0.2) is 0 Å². The fourth-order valence-corrected chi connectivity index (χ4v) is 2.82. The lowest BCUT2D eigenvalue weighted by molar-refractivity contribution is -0.127. The highest BCUT2D eigenvalue weighted by Crippen LogP contribution is 2.25. The molecule has 0 spiro atoms. The van der Waals surface area contributed by atoms with Gasteiger partial charge in [-0.15, -0.1) is 0 Å². The zero-order chi connectivity index (χ0) is 25.1. The van der Waals surface area contributed by atoms with Crippen molar-refractivity contribution in [1.29, 1.82) is 0 Å². The van der Waals surface area contributed by atoms with Gasteiger partial charge in [-0.2, -0.15) is 0 Å². The lowest BCUT2D eigenvalue weighted by atomic mass is 9.81. The Morgan fingerprint density at radius 3 is 1.22 bits per heavy atom. The van der Waals surface area contributed by atoms with E-state index in [0.29, 0.717) is 51.1 Å². The standard InChI is InChI=1S/C25H50N4O3/c1-17(2)19(5)22(30)26-11-14-29(15-12-27-23(31)20(6)18(3)4)16-13-28-24(32)21(7)25(8,9)10/h17-21H,11-16H2,1-10H3,(H,26,30)(H,27,31)(H,28,32). The Balaban J connectivity index is 4.72. The molecule has 0 bridgehead atoms. The molecule has 0 aliphatic heterocycles. The number of carbonyl (C=O) groups is 3. The minimum Gasteiger partial charge on any atom is -0.355 e. The number of rotatable bonds is 14. The first-order chi connectivity index (χ1) is 14.7. The van der Waals surface area contributed by atoms with Crippen LogP contribution in [-0.2, 0) is 14.4 Å². The van der Waals surface area contributed by atoms with Gasteiger partial charge in [-0.3, -0.25) is 19.3 Å². The number of amides is 3. The lowest BCUT2D eigenvalue weighted by Gasteiger charge is -2.27. The van der Waals surface area contributed by atoms with Crippen molar-refractivity contribution in [2.24, 2.45) is 35.0 Å². The van der Waals surface area contributed by atoms with E-state index in [1.807, 2.05) is 48.5 Å². The summed E-state index contributed by atoms with van der Waals surface area (Å²) in [6.45, 7) is 23.8. The molecule has 0 fully saturated rings. The first-order valence-corrected chi connectivity index (χ1v) is 12.2. The predicted molar refractivity (Wildman–Crippen MR) is 132 cm³/mol. The molecule has 7 nitrogen and oxygen atoms in total. The van der Waals surface area contributed by atoms with Crippen LogP contribution in [0.15, 0.2) is 0 Å². The van der Waals surface area contributed by atoms with Crippen molar-refractivity contribution in [2.75, 3.05) is 39.3 Å². The Hall–Kier alpha value is -1.63. The maximum absolute atomic E-state index is 12.4. The Morgan fingerprint density at radius 1 is 0.625 bits per heavy atom. The fraction of sp³-hybridized carbons (Fsp3) is 0.880. The second-order valence-electron chi connectivity index (χ2n) is 10.9. The summed E-state index contributed by atoms with van der Waals surface area (Å²) in [6, 6.07) is 0. The summed E-state index contributed by atoms with van der Waals surface area (Å²) in [5.74, 6) is 0.628. The monoisotopic (exact) mass is 454 g/mol. The third-order valence-electron chi connectivity index (χ3n) is 6.70. The maximum Gasteiger partial charge on any atom is 0.223 e. The molecule has 3 unspecified atom stereocenters. The number of carbonyl (C=O) groups excluding carboxylic acids is 3. The molecule has 3 amide bonds. The summed E-state index contributed by atoms with van der Waals surface area (Å²) in [5.41, 5.74) is -0.0848. The van der Waals surface area contributed by atoms with E-state index in [1.165, 1.54) is 0 Å². The van der Waals surface area contributed by atoms with Gasteiger partial charge in [0.25, 0.3) is 0 Å². The zero-order valence-corrected chi connectivity index (χ0v) is 22.3. The van der Waals surface area contributed by atoms with Gasteiger partial charge in [0, 0.05) is 57.0 Å². The molecule has 0 aliphatic rings. The van der Waals surface area contributed by atoms with E-state index in [9.17, 15) is 14.4 Å². The summed E-state index contributed by atoms with van der Waals surface area (Å²) in [4.78, 5) is 39.1. The van der Waals surface area contributed by atoms with Gasteiger partial charge >= 0.3 is 0 Å². The van der Waals surface area contributed by atoms with Gasteiger partial charge < -0.3 is 16.0 Å². The van der Waals surface area contributed by atoms with Crippen LogP contribution in [0, 0.1) is 35.0 Å². The third-order valence-corrected chi connectivity index (χ3v) is 6.70. The largest absolute Gasteiger partial charge is 0.355 e. The normalized spacial score (nSPS) is 14.9. The maximum atomic E-state index is 12.4. The number of hydrogen-bond donors (Lipinski definition) is 3. The molecule has 0 aromatic carbocycles. The van der Waals surface area contributed by atoms with E-state index in [-0.39, 0.29) is 40.9 Å². The van der Waals surface area contributed by atoms with E-state index >= 15 is 0 Å². The molecule has 7 heteroatoms. The van der Waals surface area contributed by atoms with Crippen LogP contribution >= 0.6 is 0 Å². The Bertz CT molecular complexity index is 552. The van der Waals surface area contributed by atoms with Crippen LogP contribution in [0.25, 0.3) is 0 Å².